The maximum absolute atomic E-state index is 11.7. The van der Waals surface area contributed by atoms with Gasteiger partial charge in [-0.15, -0.1) is 0 Å². The van der Waals surface area contributed by atoms with E-state index in [0.29, 0.717) is 12.1 Å². The third-order valence-corrected chi connectivity index (χ3v) is 3.37. The number of carbonyl (C=O) groups is 2. The molecular formula is C11H8ClNO3. The molecule has 0 bridgehead atoms. The molecular weight excluding hydrogens is 230 g/mol. The number of aromatic hydroxyl groups is 1. The minimum Gasteiger partial charge on any atom is -0.506 e. The van der Waals surface area contributed by atoms with Crippen LogP contribution in [0, 0.1) is 11.8 Å². The molecule has 1 heterocycles. The van der Waals surface area contributed by atoms with Gasteiger partial charge in [0, 0.05) is 6.07 Å². The summed E-state index contributed by atoms with van der Waals surface area (Å²) in [5.74, 6) is -0.732. The zero-order chi connectivity index (χ0) is 11.4. The minimum absolute atomic E-state index is 0.125. The number of anilines is 1. The number of piperidine rings is 1. The number of fused-ring (bicyclic) bond motifs is 1. The summed E-state index contributed by atoms with van der Waals surface area (Å²) in [7, 11) is 0. The van der Waals surface area contributed by atoms with E-state index in [1.165, 1.54) is 12.1 Å². The highest BCUT2D eigenvalue weighted by Gasteiger charge is 2.59. The van der Waals surface area contributed by atoms with E-state index in [-0.39, 0.29) is 34.4 Å². The quantitative estimate of drug-likeness (QED) is 0.754. The predicted molar refractivity (Wildman–Crippen MR) is 57.2 cm³/mol. The number of benzene rings is 1. The first kappa shape index (κ1) is 9.66. The van der Waals surface area contributed by atoms with Crippen LogP contribution in [0.25, 0.3) is 0 Å². The molecule has 1 aromatic rings. The van der Waals surface area contributed by atoms with Crippen molar-refractivity contribution in [1.29, 1.82) is 0 Å². The van der Waals surface area contributed by atoms with Crippen LogP contribution in [-0.2, 0) is 9.59 Å². The van der Waals surface area contributed by atoms with Crippen molar-refractivity contribution in [1.82, 2.24) is 0 Å². The molecule has 82 valence electrons. The summed E-state index contributed by atoms with van der Waals surface area (Å²) in [6.45, 7) is 0. The van der Waals surface area contributed by atoms with Crippen molar-refractivity contribution in [3.05, 3.63) is 23.2 Å². The van der Waals surface area contributed by atoms with Crippen LogP contribution in [0.5, 0.6) is 5.75 Å². The van der Waals surface area contributed by atoms with Gasteiger partial charge in [0.15, 0.2) is 0 Å². The molecule has 16 heavy (non-hydrogen) atoms. The summed E-state index contributed by atoms with van der Waals surface area (Å²) < 4.78 is 0. The van der Waals surface area contributed by atoms with Gasteiger partial charge in [-0.3, -0.25) is 9.59 Å². The number of imide groups is 1. The third-order valence-electron chi connectivity index (χ3n) is 3.05. The van der Waals surface area contributed by atoms with Gasteiger partial charge < -0.3 is 5.11 Å². The fourth-order valence-corrected chi connectivity index (χ4v) is 2.19. The number of hydrogen-bond acceptors (Lipinski definition) is 3. The third kappa shape index (κ3) is 1.16. The number of hydrogen-bond donors (Lipinski definition) is 1. The number of nitrogens with zero attached hydrogens (tertiary/aromatic N) is 1. The molecule has 1 aliphatic carbocycles. The van der Waals surface area contributed by atoms with Gasteiger partial charge in [0.1, 0.15) is 5.75 Å². The highest BCUT2D eigenvalue weighted by atomic mass is 35.5. The summed E-state index contributed by atoms with van der Waals surface area (Å²) in [4.78, 5) is 24.6. The van der Waals surface area contributed by atoms with Crippen LogP contribution in [0.15, 0.2) is 18.2 Å². The molecule has 2 fully saturated rings. The van der Waals surface area contributed by atoms with Gasteiger partial charge in [-0.1, -0.05) is 11.6 Å². The maximum atomic E-state index is 11.7. The minimum atomic E-state index is -0.170. The van der Waals surface area contributed by atoms with E-state index in [2.05, 4.69) is 0 Å². The largest absolute Gasteiger partial charge is 0.506 e. The second kappa shape index (κ2) is 2.98. The average molecular weight is 238 g/mol. The summed E-state index contributed by atoms with van der Waals surface area (Å²) in [6, 6.07) is 4.36. The lowest BCUT2D eigenvalue weighted by molar-refractivity contribution is -0.123. The van der Waals surface area contributed by atoms with Gasteiger partial charge in [0.25, 0.3) is 0 Å². The first-order valence-corrected chi connectivity index (χ1v) is 5.33. The van der Waals surface area contributed by atoms with Crippen molar-refractivity contribution in [2.24, 2.45) is 11.8 Å². The van der Waals surface area contributed by atoms with E-state index in [1.807, 2.05) is 0 Å². The van der Waals surface area contributed by atoms with Crippen LogP contribution < -0.4 is 4.90 Å². The van der Waals surface area contributed by atoms with E-state index in [0.717, 1.165) is 4.90 Å². The topological polar surface area (TPSA) is 57.6 Å². The summed E-state index contributed by atoms with van der Waals surface area (Å²) in [5.41, 5.74) is 0.393. The molecule has 1 aliphatic heterocycles. The van der Waals surface area contributed by atoms with E-state index in [1.54, 1.807) is 6.07 Å². The lowest BCUT2D eigenvalue weighted by Crippen LogP contribution is -2.32. The van der Waals surface area contributed by atoms with Crippen LogP contribution >= 0.6 is 11.6 Å². The van der Waals surface area contributed by atoms with Crippen LogP contribution in [-0.4, -0.2) is 16.9 Å². The van der Waals surface area contributed by atoms with E-state index in [9.17, 15) is 14.7 Å². The number of rotatable bonds is 1. The molecule has 4 nitrogen and oxygen atoms in total. The number of phenols is 1. The van der Waals surface area contributed by atoms with E-state index in [4.69, 9.17) is 11.6 Å². The van der Waals surface area contributed by atoms with E-state index < -0.39 is 0 Å². The Bertz CT molecular complexity index is 494. The zero-order valence-electron chi connectivity index (χ0n) is 8.18. The molecule has 1 aromatic carbocycles. The fourth-order valence-electron chi connectivity index (χ4n) is 2.08. The van der Waals surface area contributed by atoms with Gasteiger partial charge in [0.05, 0.1) is 22.5 Å². The molecule has 1 saturated heterocycles. The van der Waals surface area contributed by atoms with E-state index >= 15 is 0 Å². The van der Waals surface area contributed by atoms with Gasteiger partial charge in [0.2, 0.25) is 11.8 Å². The molecule has 0 aromatic heterocycles. The monoisotopic (exact) mass is 237 g/mol. The van der Waals surface area contributed by atoms with Gasteiger partial charge in [-0.05, 0) is 18.6 Å². The fraction of sp³-hybridized carbons (Fsp3) is 0.273. The van der Waals surface area contributed by atoms with Crippen molar-refractivity contribution < 1.29 is 14.7 Å². The lowest BCUT2D eigenvalue weighted by Gasteiger charge is -2.16. The predicted octanol–water partition coefficient (Wildman–Crippen LogP) is 1.55. The lowest BCUT2D eigenvalue weighted by atomic mass is 10.2. The molecule has 2 aliphatic rings. The Morgan fingerprint density at radius 1 is 1.25 bits per heavy atom. The molecule has 2 unspecified atom stereocenters. The molecule has 0 radical (unpaired) electrons. The Morgan fingerprint density at radius 2 is 1.88 bits per heavy atom. The Labute approximate surface area is 96.4 Å². The first-order chi connectivity index (χ1) is 7.59. The van der Waals surface area contributed by atoms with Gasteiger partial charge in [-0.2, -0.15) is 0 Å². The summed E-state index contributed by atoms with van der Waals surface area (Å²) >= 11 is 5.66. The SMILES string of the molecule is O=C1C2CC2C(=O)N1c1ccc(Cl)c(O)c1. The molecule has 2 atom stereocenters. The van der Waals surface area contributed by atoms with Gasteiger partial charge in [-0.25, -0.2) is 4.90 Å². The maximum Gasteiger partial charge on any atom is 0.237 e. The molecule has 5 heteroatoms. The van der Waals surface area contributed by atoms with Crippen molar-refractivity contribution in [3.8, 4) is 5.75 Å². The molecule has 0 spiro atoms. The molecule has 3 rings (SSSR count). The summed E-state index contributed by atoms with van der Waals surface area (Å²) in [6.07, 6.45) is 0.674. The first-order valence-electron chi connectivity index (χ1n) is 4.96. The molecule has 1 saturated carbocycles. The highest BCUT2D eigenvalue weighted by Crippen LogP contribution is 2.48. The van der Waals surface area contributed by atoms with Crippen LogP contribution in [0.1, 0.15) is 6.42 Å². The number of carbonyl (C=O) groups excluding carboxylic acids is 2. The van der Waals surface area contributed by atoms with Gasteiger partial charge >= 0.3 is 0 Å². The number of halogens is 1. The van der Waals surface area contributed by atoms with Crippen LogP contribution in [0.4, 0.5) is 5.69 Å². The van der Waals surface area contributed by atoms with Crippen LogP contribution in [0.2, 0.25) is 5.02 Å². The van der Waals surface area contributed by atoms with Crippen molar-refractivity contribution in [2.45, 2.75) is 6.42 Å². The molecule has 1 N–H and O–H groups in total. The normalized spacial score (nSPS) is 27.2. The Morgan fingerprint density at radius 3 is 2.44 bits per heavy atom. The zero-order valence-corrected chi connectivity index (χ0v) is 8.94. The standard InChI is InChI=1S/C11H8ClNO3/c12-8-2-1-5(3-9(8)14)13-10(15)6-4-7(6)11(13)16/h1-3,6-7,14H,4H2. The second-order valence-corrected chi connectivity index (χ2v) is 4.50. The Balaban J connectivity index is 2.01. The van der Waals surface area contributed by atoms with Crippen molar-refractivity contribution in [2.75, 3.05) is 4.90 Å². The second-order valence-electron chi connectivity index (χ2n) is 4.10. The smallest absolute Gasteiger partial charge is 0.237 e. The number of phenolic OH excluding ortho intramolecular Hbond substituents is 1. The van der Waals surface area contributed by atoms with Crippen molar-refractivity contribution in [3.63, 3.8) is 0 Å². The Kier molecular flexibility index (Phi) is 1.80. The highest BCUT2D eigenvalue weighted by molar-refractivity contribution is 6.32. The average Bonchev–Trinajstić information content (AvgIpc) is 2.98. The van der Waals surface area contributed by atoms with Crippen molar-refractivity contribution >= 4 is 29.1 Å². The Hall–Kier alpha value is -1.55. The summed E-state index contributed by atoms with van der Waals surface area (Å²) in [5, 5.41) is 9.63. The van der Waals surface area contributed by atoms with Crippen LogP contribution in [0.3, 0.4) is 0 Å². The molecule has 2 amide bonds. The number of amides is 2.